The van der Waals surface area contributed by atoms with Gasteiger partial charge in [-0.15, -0.1) is 0 Å². The number of amides is 2. The van der Waals surface area contributed by atoms with E-state index in [1.165, 1.54) is 0 Å². The molecule has 2 amide bonds. The third kappa shape index (κ3) is 3.70. The summed E-state index contributed by atoms with van der Waals surface area (Å²) in [6, 6.07) is 1.24. The van der Waals surface area contributed by atoms with Gasteiger partial charge in [-0.05, 0) is 13.0 Å². The molecule has 0 atom stereocenters. The smallest absolute Gasteiger partial charge is 0.312 e. The molecule has 0 aliphatic heterocycles. The van der Waals surface area contributed by atoms with Gasteiger partial charge in [0.2, 0.25) is 0 Å². The number of aryl methyl sites for hydroxylation is 1. The Morgan fingerprint density at radius 3 is 3.00 bits per heavy atom. The van der Waals surface area contributed by atoms with Gasteiger partial charge in [0.05, 0.1) is 0 Å². The minimum atomic E-state index is -0.523. The zero-order valence-corrected chi connectivity index (χ0v) is 7.95. The summed E-state index contributed by atoms with van der Waals surface area (Å²) in [5.74, 6) is 1.45. The van der Waals surface area contributed by atoms with Crippen LogP contribution >= 0.6 is 0 Å². The van der Waals surface area contributed by atoms with Crippen molar-refractivity contribution in [1.29, 1.82) is 0 Å². The lowest BCUT2D eigenvalue weighted by Gasteiger charge is -2.05. The number of nitrogens with zero attached hydrogens (tertiary/aromatic N) is 2. The Bertz CT molecular complexity index is 314. The van der Waals surface area contributed by atoms with Crippen LogP contribution in [0.15, 0.2) is 12.3 Å². The van der Waals surface area contributed by atoms with Crippen molar-refractivity contribution in [2.24, 2.45) is 5.73 Å². The third-order valence-corrected chi connectivity index (χ3v) is 1.51. The quantitative estimate of drug-likeness (QED) is 0.583. The van der Waals surface area contributed by atoms with E-state index in [2.05, 4.69) is 20.6 Å². The number of anilines is 1. The molecule has 0 saturated heterocycles. The highest BCUT2D eigenvalue weighted by Gasteiger charge is 1.94. The van der Waals surface area contributed by atoms with Gasteiger partial charge in [0.1, 0.15) is 11.6 Å². The number of rotatable bonds is 4. The SMILES string of the molecule is Cc1nccc(NCCNC(N)=O)n1. The summed E-state index contributed by atoms with van der Waals surface area (Å²) >= 11 is 0. The fraction of sp³-hybridized carbons (Fsp3) is 0.375. The zero-order chi connectivity index (χ0) is 10.4. The Balaban J connectivity index is 2.28. The molecule has 6 heteroatoms. The van der Waals surface area contributed by atoms with Crippen molar-refractivity contribution < 1.29 is 4.79 Å². The van der Waals surface area contributed by atoms with Gasteiger partial charge in [-0.25, -0.2) is 14.8 Å². The number of hydrogen-bond donors (Lipinski definition) is 3. The lowest BCUT2D eigenvalue weighted by molar-refractivity contribution is 0.249. The Morgan fingerprint density at radius 2 is 2.36 bits per heavy atom. The Labute approximate surface area is 81.9 Å². The van der Waals surface area contributed by atoms with Crippen molar-refractivity contribution in [1.82, 2.24) is 15.3 Å². The molecular weight excluding hydrogens is 182 g/mol. The lowest BCUT2D eigenvalue weighted by atomic mass is 10.5. The topological polar surface area (TPSA) is 92.9 Å². The van der Waals surface area contributed by atoms with Crippen LogP contribution in [0.3, 0.4) is 0 Å². The average molecular weight is 195 g/mol. The van der Waals surface area contributed by atoms with Crippen LogP contribution < -0.4 is 16.4 Å². The highest BCUT2D eigenvalue weighted by Crippen LogP contribution is 1.99. The number of nitrogens with one attached hydrogen (secondary N) is 2. The zero-order valence-electron chi connectivity index (χ0n) is 7.95. The molecule has 0 aliphatic carbocycles. The van der Waals surface area contributed by atoms with E-state index in [0.717, 1.165) is 5.82 Å². The molecular formula is C8H13N5O. The van der Waals surface area contributed by atoms with Gasteiger partial charge in [0.25, 0.3) is 0 Å². The van der Waals surface area contributed by atoms with Crippen LogP contribution in [-0.2, 0) is 0 Å². The van der Waals surface area contributed by atoms with Gasteiger partial charge >= 0.3 is 6.03 Å². The number of hydrogen-bond acceptors (Lipinski definition) is 4. The molecule has 1 aromatic rings. The average Bonchev–Trinajstić information content (AvgIpc) is 2.12. The number of primary amides is 1. The fourth-order valence-electron chi connectivity index (χ4n) is 0.931. The van der Waals surface area contributed by atoms with Crippen LogP contribution in [0.1, 0.15) is 5.82 Å². The lowest BCUT2D eigenvalue weighted by Crippen LogP contribution is -2.33. The number of carbonyl (C=O) groups is 1. The molecule has 0 saturated carbocycles. The standard InChI is InChI=1S/C8H13N5O/c1-6-10-3-2-7(13-6)11-4-5-12-8(9)14/h2-3H,4-5H2,1H3,(H3,9,12,14)(H,10,11,13). The van der Waals surface area contributed by atoms with Crippen molar-refractivity contribution in [3.05, 3.63) is 18.1 Å². The predicted octanol–water partition coefficient (Wildman–Crippen LogP) is -0.135. The summed E-state index contributed by atoms with van der Waals surface area (Å²) in [7, 11) is 0. The molecule has 4 N–H and O–H groups in total. The monoisotopic (exact) mass is 195 g/mol. The number of nitrogens with two attached hydrogens (primary N) is 1. The summed E-state index contributed by atoms with van der Waals surface area (Å²) in [5, 5.41) is 5.48. The first-order chi connectivity index (χ1) is 6.68. The first-order valence-electron chi connectivity index (χ1n) is 4.25. The van der Waals surface area contributed by atoms with Gasteiger partial charge in [-0.1, -0.05) is 0 Å². The Kier molecular flexibility index (Phi) is 3.66. The second kappa shape index (κ2) is 5.00. The predicted molar refractivity (Wildman–Crippen MR) is 52.8 cm³/mol. The van der Waals surface area contributed by atoms with Crippen LogP contribution in [0.25, 0.3) is 0 Å². The minimum absolute atomic E-state index is 0.471. The molecule has 0 aromatic carbocycles. The first-order valence-corrected chi connectivity index (χ1v) is 4.25. The molecule has 14 heavy (non-hydrogen) atoms. The molecule has 0 bridgehead atoms. The highest BCUT2D eigenvalue weighted by atomic mass is 16.2. The van der Waals surface area contributed by atoms with Gasteiger partial charge in [0.15, 0.2) is 0 Å². The maximum absolute atomic E-state index is 10.3. The van der Waals surface area contributed by atoms with Gasteiger partial charge in [-0.2, -0.15) is 0 Å². The molecule has 6 nitrogen and oxygen atoms in total. The van der Waals surface area contributed by atoms with E-state index in [9.17, 15) is 4.79 Å². The number of aromatic nitrogens is 2. The van der Waals surface area contributed by atoms with Gasteiger partial charge < -0.3 is 16.4 Å². The largest absolute Gasteiger partial charge is 0.368 e. The molecule has 0 fully saturated rings. The third-order valence-electron chi connectivity index (χ3n) is 1.51. The van der Waals surface area contributed by atoms with E-state index in [4.69, 9.17) is 5.73 Å². The van der Waals surface area contributed by atoms with Crippen LogP contribution in [-0.4, -0.2) is 29.1 Å². The summed E-state index contributed by atoms with van der Waals surface area (Å²) in [4.78, 5) is 18.4. The highest BCUT2D eigenvalue weighted by molar-refractivity contribution is 5.71. The molecule has 0 radical (unpaired) electrons. The van der Waals surface area contributed by atoms with E-state index in [-0.39, 0.29) is 0 Å². The second-order valence-electron chi connectivity index (χ2n) is 2.71. The molecule has 1 aromatic heterocycles. The van der Waals surface area contributed by atoms with E-state index >= 15 is 0 Å². The van der Waals surface area contributed by atoms with Crippen molar-refractivity contribution in [3.63, 3.8) is 0 Å². The van der Waals surface area contributed by atoms with Crippen molar-refractivity contribution in [2.75, 3.05) is 18.4 Å². The van der Waals surface area contributed by atoms with Crippen LogP contribution in [0, 0.1) is 6.92 Å². The Morgan fingerprint density at radius 1 is 1.57 bits per heavy atom. The normalized spacial score (nSPS) is 9.50. The van der Waals surface area contributed by atoms with Crippen molar-refractivity contribution >= 4 is 11.8 Å². The van der Waals surface area contributed by atoms with E-state index < -0.39 is 6.03 Å². The van der Waals surface area contributed by atoms with Crippen LogP contribution in [0.4, 0.5) is 10.6 Å². The number of carbonyl (C=O) groups excluding carboxylic acids is 1. The second-order valence-corrected chi connectivity index (χ2v) is 2.71. The van der Waals surface area contributed by atoms with E-state index in [1.54, 1.807) is 12.3 Å². The summed E-state index contributed by atoms with van der Waals surface area (Å²) in [6.45, 7) is 2.87. The van der Waals surface area contributed by atoms with E-state index in [1.807, 2.05) is 6.92 Å². The Hall–Kier alpha value is -1.85. The molecule has 0 spiro atoms. The maximum Gasteiger partial charge on any atom is 0.312 e. The molecule has 1 rings (SSSR count). The van der Waals surface area contributed by atoms with Gasteiger partial charge in [-0.3, -0.25) is 0 Å². The molecule has 0 unspecified atom stereocenters. The molecule has 0 aliphatic rings. The molecule has 1 heterocycles. The number of urea groups is 1. The van der Waals surface area contributed by atoms with Crippen molar-refractivity contribution in [2.45, 2.75) is 6.92 Å². The van der Waals surface area contributed by atoms with Gasteiger partial charge in [0, 0.05) is 19.3 Å². The summed E-state index contributed by atoms with van der Waals surface area (Å²) < 4.78 is 0. The van der Waals surface area contributed by atoms with Crippen molar-refractivity contribution in [3.8, 4) is 0 Å². The summed E-state index contributed by atoms with van der Waals surface area (Å²) in [6.07, 6.45) is 1.67. The fourth-order valence-corrected chi connectivity index (χ4v) is 0.931. The summed E-state index contributed by atoms with van der Waals surface area (Å²) in [5.41, 5.74) is 4.89. The van der Waals surface area contributed by atoms with E-state index in [0.29, 0.717) is 18.9 Å². The maximum atomic E-state index is 10.3. The minimum Gasteiger partial charge on any atom is -0.368 e. The van der Waals surface area contributed by atoms with Crippen LogP contribution in [0.2, 0.25) is 0 Å². The first kappa shape index (κ1) is 10.2. The molecule has 76 valence electrons. The van der Waals surface area contributed by atoms with Crippen LogP contribution in [0.5, 0.6) is 0 Å².